The van der Waals surface area contributed by atoms with Crippen LogP contribution in [0.4, 0.5) is 0 Å². The third-order valence-electron chi connectivity index (χ3n) is 4.48. The SMILES string of the molecule is CCC1CCCN(S(=O)(=O)c2cc(CO)c(C)cc2C)C1. The van der Waals surface area contributed by atoms with Gasteiger partial charge in [-0.05, 0) is 55.4 Å². The molecule has 1 heterocycles. The van der Waals surface area contributed by atoms with Crippen molar-refractivity contribution >= 4 is 10.0 Å². The molecule has 5 heteroatoms. The average Bonchev–Trinajstić information content (AvgIpc) is 2.47. The Morgan fingerprint density at radius 3 is 2.62 bits per heavy atom. The minimum atomic E-state index is -3.46. The molecule has 1 fully saturated rings. The lowest BCUT2D eigenvalue weighted by Gasteiger charge is -2.32. The second-order valence-corrected chi connectivity index (χ2v) is 7.89. The topological polar surface area (TPSA) is 57.6 Å². The second kappa shape index (κ2) is 6.46. The van der Waals surface area contributed by atoms with Gasteiger partial charge in [0.15, 0.2) is 0 Å². The molecule has 1 unspecified atom stereocenters. The summed E-state index contributed by atoms with van der Waals surface area (Å²) in [5.41, 5.74) is 2.37. The zero-order chi connectivity index (χ0) is 15.6. The van der Waals surface area contributed by atoms with Gasteiger partial charge in [-0.2, -0.15) is 4.31 Å². The van der Waals surface area contributed by atoms with Crippen LogP contribution in [0, 0.1) is 19.8 Å². The predicted molar refractivity (Wildman–Crippen MR) is 83.6 cm³/mol. The van der Waals surface area contributed by atoms with Crippen LogP contribution in [0.5, 0.6) is 0 Å². The van der Waals surface area contributed by atoms with Crippen LogP contribution in [0.3, 0.4) is 0 Å². The molecular weight excluding hydrogens is 286 g/mol. The van der Waals surface area contributed by atoms with Crippen molar-refractivity contribution in [3.05, 3.63) is 28.8 Å². The molecule has 4 nitrogen and oxygen atoms in total. The molecular formula is C16H25NO3S. The fraction of sp³-hybridized carbons (Fsp3) is 0.625. The number of aryl methyl sites for hydroxylation is 2. The summed E-state index contributed by atoms with van der Waals surface area (Å²) in [5.74, 6) is 0.455. The van der Waals surface area contributed by atoms with Crippen LogP contribution in [-0.2, 0) is 16.6 Å². The molecule has 0 radical (unpaired) electrons. The van der Waals surface area contributed by atoms with Crippen LogP contribution in [-0.4, -0.2) is 30.9 Å². The predicted octanol–water partition coefficient (Wildman–Crippen LogP) is 2.61. The van der Waals surface area contributed by atoms with Gasteiger partial charge in [0.25, 0.3) is 0 Å². The number of sulfonamides is 1. The number of benzene rings is 1. The Bertz CT molecular complexity index is 610. The van der Waals surface area contributed by atoms with Crippen molar-refractivity contribution in [1.29, 1.82) is 0 Å². The molecule has 0 aromatic heterocycles. The van der Waals surface area contributed by atoms with Crippen molar-refractivity contribution in [2.45, 2.75) is 51.5 Å². The maximum absolute atomic E-state index is 12.9. The number of piperidine rings is 1. The molecule has 1 atom stereocenters. The van der Waals surface area contributed by atoms with Crippen LogP contribution in [0.25, 0.3) is 0 Å². The summed E-state index contributed by atoms with van der Waals surface area (Å²) < 4.78 is 27.4. The van der Waals surface area contributed by atoms with Crippen molar-refractivity contribution in [2.24, 2.45) is 5.92 Å². The van der Waals surface area contributed by atoms with Crippen LogP contribution < -0.4 is 0 Å². The van der Waals surface area contributed by atoms with E-state index in [-0.39, 0.29) is 6.61 Å². The molecule has 0 saturated carbocycles. The monoisotopic (exact) mass is 311 g/mol. The molecule has 0 bridgehead atoms. The van der Waals surface area contributed by atoms with E-state index >= 15 is 0 Å². The zero-order valence-electron chi connectivity index (χ0n) is 13.1. The molecule has 0 spiro atoms. The normalized spacial score (nSPS) is 20.7. The highest BCUT2D eigenvalue weighted by Gasteiger charge is 2.30. The van der Waals surface area contributed by atoms with Crippen LogP contribution >= 0.6 is 0 Å². The Kier molecular flexibility index (Phi) is 5.07. The number of aliphatic hydroxyl groups excluding tert-OH is 1. The van der Waals surface area contributed by atoms with E-state index in [2.05, 4.69) is 6.92 Å². The van der Waals surface area contributed by atoms with Crippen molar-refractivity contribution in [3.8, 4) is 0 Å². The van der Waals surface area contributed by atoms with Crippen LogP contribution in [0.1, 0.15) is 42.9 Å². The standard InChI is InChI=1S/C16H25NO3S/c1-4-14-6-5-7-17(10-14)21(19,20)16-9-15(11-18)12(2)8-13(16)3/h8-9,14,18H,4-7,10-11H2,1-3H3. The molecule has 118 valence electrons. The lowest BCUT2D eigenvalue weighted by Crippen LogP contribution is -2.40. The summed E-state index contributed by atoms with van der Waals surface area (Å²) in [7, 11) is -3.46. The molecule has 1 aromatic carbocycles. The molecule has 0 amide bonds. The Morgan fingerprint density at radius 1 is 1.29 bits per heavy atom. The summed E-state index contributed by atoms with van der Waals surface area (Å²) >= 11 is 0. The van der Waals surface area contributed by atoms with Gasteiger partial charge in [-0.1, -0.05) is 19.4 Å². The van der Waals surface area contributed by atoms with Crippen LogP contribution in [0.15, 0.2) is 17.0 Å². The van der Waals surface area contributed by atoms with E-state index in [0.717, 1.165) is 30.4 Å². The smallest absolute Gasteiger partial charge is 0.243 e. The van der Waals surface area contributed by atoms with Gasteiger partial charge < -0.3 is 5.11 Å². The minimum Gasteiger partial charge on any atom is -0.392 e. The highest BCUT2D eigenvalue weighted by atomic mass is 32.2. The maximum Gasteiger partial charge on any atom is 0.243 e. The summed E-state index contributed by atoms with van der Waals surface area (Å²) in [6, 6.07) is 3.48. The van der Waals surface area contributed by atoms with E-state index < -0.39 is 10.0 Å². The van der Waals surface area contributed by atoms with Crippen molar-refractivity contribution in [2.75, 3.05) is 13.1 Å². The van der Waals surface area contributed by atoms with Gasteiger partial charge in [-0.25, -0.2) is 8.42 Å². The van der Waals surface area contributed by atoms with Gasteiger partial charge in [-0.3, -0.25) is 0 Å². The number of hydrogen-bond acceptors (Lipinski definition) is 3. The van der Waals surface area contributed by atoms with E-state index in [1.165, 1.54) is 0 Å². The lowest BCUT2D eigenvalue weighted by atomic mass is 9.97. The molecule has 1 saturated heterocycles. The summed E-state index contributed by atoms with van der Waals surface area (Å²) in [6.07, 6.45) is 3.05. The van der Waals surface area contributed by atoms with Gasteiger partial charge in [0.1, 0.15) is 0 Å². The first-order chi connectivity index (χ1) is 9.90. The van der Waals surface area contributed by atoms with Crippen molar-refractivity contribution in [3.63, 3.8) is 0 Å². The molecule has 1 aliphatic heterocycles. The first-order valence-electron chi connectivity index (χ1n) is 7.61. The summed E-state index contributed by atoms with van der Waals surface area (Å²) in [5, 5.41) is 9.38. The lowest BCUT2D eigenvalue weighted by molar-refractivity contribution is 0.261. The summed E-state index contributed by atoms with van der Waals surface area (Å²) in [6.45, 7) is 6.90. The Hall–Kier alpha value is -0.910. The van der Waals surface area contributed by atoms with Gasteiger partial charge in [-0.15, -0.1) is 0 Å². The molecule has 1 aromatic rings. The molecule has 21 heavy (non-hydrogen) atoms. The fourth-order valence-corrected chi connectivity index (χ4v) is 4.85. The first-order valence-corrected chi connectivity index (χ1v) is 9.05. The fourth-order valence-electron chi connectivity index (χ4n) is 3.04. The number of rotatable bonds is 4. The Morgan fingerprint density at radius 2 is 2.00 bits per heavy atom. The Labute approximate surface area is 127 Å². The molecule has 2 rings (SSSR count). The van der Waals surface area contributed by atoms with E-state index in [9.17, 15) is 13.5 Å². The number of nitrogens with zero attached hydrogens (tertiary/aromatic N) is 1. The van der Waals surface area contributed by atoms with Crippen molar-refractivity contribution < 1.29 is 13.5 Å². The third-order valence-corrected chi connectivity index (χ3v) is 6.49. The molecule has 0 aliphatic carbocycles. The summed E-state index contributed by atoms with van der Waals surface area (Å²) in [4.78, 5) is 0.342. The van der Waals surface area contributed by atoms with Crippen LogP contribution in [0.2, 0.25) is 0 Å². The van der Waals surface area contributed by atoms with E-state index in [0.29, 0.717) is 29.5 Å². The first kappa shape index (κ1) is 16.5. The zero-order valence-corrected chi connectivity index (χ0v) is 13.9. The maximum atomic E-state index is 12.9. The van der Waals surface area contributed by atoms with Crippen molar-refractivity contribution in [1.82, 2.24) is 4.31 Å². The van der Waals surface area contributed by atoms with Gasteiger partial charge in [0.05, 0.1) is 11.5 Å². The van der Waals surface area contributed by atoms with E-state index in [4.69, 9.17) is 0 Å². The van der Waals surface area contributed by atoms with Gasteiger partial charge in [0, 0.05) is 13.1 Å². The average molecular weight is 311 g/mol. The minimum absolute atomic E-state index is 0.133. The van der Waals surface area contributed by atoms with Gasteiger partial charge >= 0.3 is 0 Å². The highest BCUT2D eigenvalue weighted by Crippen LogP contribution is 2.28. The van der Waals surface area contributed by atoms with E-state index in [1.54, 1.807) is 10.4 Å². The van der Waals surface area contributed by atoms with Gasteiger partial charge in [0.2, 0.25) is 10.0 Å². The number of aliphatic hydroxyl groups is 1. The second-order valence-electron chi connectivity index (χ2n) is 5.98. The molecule has 1 aliphatic rings. The largest absolute Gasteiger partial charge is 0.392 e. The third kappa shape index (κ3) is 3.30. The quantitative estimate of drug-likeness (QED) is 0.930. The van der Waals surface area contributed by atoms with E-state index in [1.807, 2.05) is 19.9 Å². The Balaban J connectivity index is 2.39. The highest BCUT2D eigenvalue weighted by molar-refractivity contribution is 7.89. The number of hydrogen-bond donors (Lipinski definition) is 1. The molecule has 1 N–H and O–H groups in total.